The zero-order valence-corrected chi connectivity index (χ0v) is 7.16. The van der Waals surface area contributed by atoms with E-state index in [-0.39, 0.29) is 5.92 Å². The van der Waals surface area contributed by atoms with Crippen molar-refractivity contribution in [2.75, 3.05) is 0 Å². The van der Waals surface area contributed by atoms with Crippen LogP contribution in [0.5, 0.6) is 0 Å². The summed E-state index contributed by atoms with van der Waals surface area (Å²) in [5, 5.41) is 4.29. The Morgan fingerprint density at radius 3 is 3.33 bits per heavy atom. The summed E-state index contributed by atoms with van der Waals surface area (Å²) in [7, 11) is 1.90. The van der Waals surface area contributed by atoms with Gasteiger partial charge in [-0.05, 0) is 24.8 Å². The fourth-order valence-electron chi connectivity index (χ4n) is 1.84. The minimum atomic E-state index is 0.0509. The van der Waals surface area contributed by atoms with Crippen LogP contribution >= 0.6 is 0 Å². The molecule has 3 heteroatoms. The van der Waals surface area contributed by atoms with Crippen molar-refractivity contribution in [1.29, 1.82) is 0 Å². The number of nitrogens with zero attached hydrogens (tertiary/aromatic N) is 2. The number of rotatable bonds is 1. The lowest BCUT2D eigenvalue weighted by Crippen LogP contribution is -2.09. The maximum atomic E-state index is 10.7. The van der Waals surface area contributed by atoms with Crippen LogP contribution in [0.25, 0.3) is 0 Å². The summed E-state index contributed by atoms with van der Waals surface area (Å²) >= 11 is 0. The Balaban J connectivity index is 2.43. The van der Waals surface area contributed by atoms with Gasteiger partial charge < -0.3 is 4.79 Å². The molecule has 0 aromatic carbocycles. The first-order valence-electron chi connectivity index (χ1n) is 4.29. The van der Waals surface area contributed by atoms with Crippen molar-refractivity contribution in [3.8, 4) is 0 Å². The van der Waals surface area contributed by atoms with Crippen LogP contribution in [-0.4, -0.2) is 16.1 Å². The number of aromatic nitrogens is 2. The molecular formula is C9H12N2O. The van der Waals surface area contributed by atoms with Crippen molar-refractivity contribution >= 4 is 6.29 Å². The van der Waals surface area contributed by atoms with E-state index in [4.69, 9.17) is 0 Å². The highest BCUT2D eigenvalue weighted by atomic mass is 16.1. The maximum Gasteiger partial charge on any atom is 0.129 e. The van der Waals surface area contributed by atoms with E-state index in [9.17, 15) is 4.79 Å². The molecule has 1 aromatic rings. The Morgan fingerprint density at radius 2 is 2.58 bits per heavy atom. The first kappa shape index (κ1) is 7.53. The fourth-order valence-corrected chi connectivity index (χ4v) is 1.84. The molecular weight excluding hydrogens is 152 g/mol. The average Bonchev–Trinajstić information content (AvgIpc) is 2.44. The lowest BCUT2D eigenvalue weighted by molar-refractivity contribution is -0.109. The minimum absolute atomic E-state index is 0.0509. The summed E-state index contributed by atoms with van der Waals surface area (Å²) in [4.78, 5) is 10.7. The van der Waals surface area contributed by atoms with Gasteiger partial charge in [0.25, 0.3) is 0 Å². The predicted octanol–water partition coefficient (Wildman–Crippen LogP) is 1.04. The van der Waals surface area contributed by atoms with Gasteiger partial charge in [-0.25, -0.2) is 0 Å². The zero-order chi connectivity index (χ0) is 8.55. The van der Waals surface area contributed by atoms with Crippen LogP contribution in [0.15, 0.2) is 6.20 Å². The van der Waals surface area contributed by atoms with E-state index >= 15 is 0 Å². The molecule has 0 fully saturated rings. The maximum absolute atomic E-state index is 10.7. The van der Waals surface area contributed by atoms with Gasteiger partial charge in [-0.2, -0.15) is 5.10 Å². The molecule has 0 spiro atoms. The Kier molecular flexibility index (Phi) is 1.71. The van der Waals surface area contributed by atoms with E-state index in [0.717, 1.165) is 31.2 Å². The Morgan fingerprint density at radius 1 is 1.75 bits per heavy atom. The van der Waals surface area contributed by atoms with Gasteiger partial charge in [0.15, 0.2) is 0 Å². The molecule has 64 valence electrons. The van der Waals surface area contributed by atoms with Crippen LogP contribution in [0.2, 0.25) is 0 Å². The predicted molar refractivity (Wildman–Crippen MR) is 45.0 cm³/mol. The molecule has 1 aliphatic carbocycles. The van der Waals surface area contributed by atoms with Gasteiger partial charge in [-0.3, -0.25) is 4.68 Å². The number of carbonyl (C=O) groups excluding carboxylic acids is 1. The Bertz CT molecular complexity index is 303. The SMILES string of the molecule is Cn1cc2c(n1)C(C=O)CCC2. The Labute approximate surface area is 71.4 Å². The molecule has 0 saturated heterocycles. The topological polar surface area (TPSA) is 34.9 Å². The van der Waals surface area contributed by atoms with Crippen LogP contribution in [0.4, 0.5) is 0 Å². The number of hydrogen-bond acceptors (Lipinski definition) is 2. The smallest absolute Gasteiger partial charge is 0.129 e. The van der Waals surface area contributed by atoms with Crippen LogP contribution in [0.1, 0.15) is 30.0 Å². The van der Waals surface area contributed by atoms with Crippen LogP contribution in [0.3, 0.4) is 0 Å². The van der Waals surface area contributed by atoms with Crippen molar-refractivity contribution in [2.24, 2.45) is 7.05 Å². The third-order valence-corrected chi connectivity index (χ3v) is 2.41. The molecule has 0 bridgehead atoms. The second-order valence-electron chi connectivity index (χ2n) is 3.35. The van der Waals surface area contributed by atoms with Crippen molar-refractivity contribution in [3.63, 3.8) is 0 Å². The highest BCUT2D eigenvalue weighted by Crippen LogP contribution is 2.28. The zero-order valence-electron chi connectivity index (χ0n) is 7.16. The van der Waals surface area contributed by atoms with Crippen molar-refractivity contribution in [2.45, 2.75) is 25.2 Å². The molecule has 1 aromatic heterocycles. The highest BCUT2D eigenvalue weighted by Gasteiger charge is 2.22. The van der Waals surface area contributed by atoms with Gasteiger partial charge in [0, 0.05) is 13.2 Å². The highest BCUT2D eigenvalue weighted by molar-refractivity contribution is 5.62. The molecule has 0 amide bonds. The fraction of sp³-hybridized carbons (Fsp3) is 0.556. The van der Waals surface area contributed by atoms with Crippen LogP contribution in [0, 0.1) is 0 Å². The second kappa shape index (κ2) is 2.73. The monoisotopic (exact) mass is 164 g/mol. The third kappa shape index (κ3) is 1.05. The van der Waals surface area contributed by atoms with E-state index in [1.165, 1.54) is 5.56 Å². The van der Waals surface area contributed by atoms with Gasteiger partial charge in [0.05, 0.1) is 11.6 Å². The Hall–Kier alpha value is -1.12. The largest absolute Gasteiger partial charge is 0.303 e. The van der Waals surface area contributed by atoms with Gasteiger partial charge in [-0.15, -0.1) is 0 Å². The molecule has 0 aliphatic heterocycles. The van der Waals surface area contributed by atoms with Crippen molar-refractivity contribution in [1.82, 2.24) is 9.78 Å². The molecule has 2 rings (SSSR count). The number of carbonyl (C=O) groups is 1. The summed E-state index contributed by atoms with van der Waals surface area (Å²) in [6.45, 7) is 0. The molecule has 12 heavy (non-hydrogen) atoms. The standard InChI is InChI=1S/C9H12N2O/c1-11-5-7-3-2-4-8(6-12)9(7)10-11/h5-6,8H,2-4H2,1H3. The molecule has 1 heterocycles. The first-order chi connectivity index (χ1) is 5.81. The minimum Gasteiger partial charge on any atom is -0.303 e. The quantitative estimate of drug-likeness (QED) is 0.581. The summed E-state index contributed by atoms with van der Waals surface area (Å²) in [5.74, 6) is 0.0509. The van der Waals surface area contributed by atoms with E-state index in [0.29, 0.717) is 0 Å². The average molecular weight is 164 g/mol. The normalized spacial score (nSPS) is 21.9. The van der Waals surface area contributed by atoms with Gasteiger partial charge in [-0.1, -0.05) is 0 Å². The molecule has 1 unspecified atom stereocenters. The van der Waals surface area contributed by atoms with Gasteiger partial charge >= 0.3 is 0 Å². The van der Waals surface area contributed by atoms with Crippen LogP contribution < -0.4 is 0 Å². The van der Waals surface area contributed by atoms with Gasteiger partial charge in [0.2, 0.25) is 0 Å². The van der Waals surface area contributed by atoms with Crippen molar-refractivity contribution < 1.29 is 4.79 Å². The number of aldehydes is 1. The second-order valence-corrected chi connectivity index (χ2v) is 3.35. The molecule has 0 radical (unpaired) electrons. The van der Waals surface area contributed by atoms with E-state index in [1.54, 1.807) is 4.68 Å². The lowest BCUT2D eigenvalue weighted by atomic mass is 9.89. The van der Waals surface area contributed by atoms with E-state index in [1.807, 2.05) is 13.2 Å². The molecule has 0 saturated carbocycles. The number of hydrogen-bond donors (Lipinski definition) is 0. The molecule has 1 aliphatic rings. The van der Waals surface area contributed by atoms with Crippen molar-refractivity contribution in [3.05, 3.63) is 17.5 Å². The van der Waals surface area contributed by atoms with Crippen LogP contribution in [-0.2, 0) is 18.3 Å². The molecule has 3 nitrogen and oxygen atoms in total. The summed E-state index contributed by atoms with van der Waals surface area (Å²) in [5.41, 5.74) is 2.25. The summed E-state index contributed by atoms with van der Waals surface area (Å²) in [6.07, 6.45) is 6.19. The number of fused-ring (bicyclic) bond motifs is 1. The molecule has 0 N–H and O–H groups in total. The number of aryl methyl sites for hydroxylation is 2. The summed E-state index contributed by atoms with van der Waals surface area (Å²) in [6, 6.07) is 0. The molecule has 1 atom stereocenters. The van der Waals surface area contributed by atoms with E-state index in [2.05, 4.69) is 5.10 Å². The lowest BCUT2D eigenvalue weighted by Gasteiger charge is -2.14. The van der Waals surface area contributed by atoms with Gasteiger partial charge in [0.1, 0.15) is 6.29 Å². The third-order valence-electron chi connectivity index (χ3n) is 2.41. The first-order valence-corrected chi connectivity index (χ1v) is 4.29. The van der Waals surface area contributed by atoms with E-state index < -0.39 is 0 Å². The summed E-state index contributed by atoms with van der Waals surface area (Å²) < 4.78 is 1.80.